The van der Waals surface area contributed by atoms with E-state index in [1.807, 2.05) is 26.0 Å². The van der Waals surface area contributed by atoms with Crippen molar-refractivity contribution in [2.24, 2.45) is 0 Å². The second-order valence-electron chi connectivity index (χ2n) is 7.01. The molecule has 0 spiro atoms. The lowest BCUT2D eigenvalue weighted by Crippen LogP contribution is -2.34. The lowest BCUT2D eigenvalue weighted by molar-refractivity contribution is 0.234. The van der Waals surface area contributed by atoms with Gasteiger partial charge >= 0.3 is 0 Å². The summed E-state index contributed by atoms with van der Waals surface area (Å²) in [7, 11) is -3.14. The number of hydrogen-bond donors (Lipinski definition) is 0. The molecule has 9 heteroatoms. The van der Waals surface area contributed by atoms with Gasteiger partial charge in [0.1, 0.15) is 5.75 Å². The lowest BCUT2D eigenvalue weighted by Gasteiger charge is -2.18. The number of benzene rings is 1. The normalized spacial score (nSPS) is 17.0. The first-order chi connectivity index (χ1) is 12.8. The van der Waals surface area contributed by atoms with Gasteiger partial charge < -0.3 is 9.26 Å². The highest BCUT2D eigenvalue weighted by Crippen LogP contribution is 2.17. The van der Waals surface area contributed by atoms with Crippen LogP contribution in [0.2, 0.25) is 0 Å². The standard InChI is InChI=1S/C18H26N4O4S/c1-14-9-15(2)11-16(10-14)25-13-17-19-18(26-20-17)12-21-5-4-6-22(8-7-21)27(3,23)24/h9-11H,4-8,12-13H2,1-3H3. The molecule has 0 amide bonds. The zero-order chi connectivity index (χ0) is 19.4. The van der Waals surface area contributed by atoms with Crippen LogP contribution in [-0.4, -0.2) is 60.2 Å². The van der Waals surface area contributed by atoms with Crippen LogP contribution in [0.15, 0.2) is 22.7 Å². The zero-order valence-electron chi connectivity index (χ0n) is 16.0. The summed E-state index contributed by atoms with van der Waals surface area (Å²) in [6.45, 7) is 7.27. The number of aromatic nitrogens is 2. The third-order valence-electron chi connectivity index (χ3n) is 4.45. The van der Waals surface area contributed by atoms with Crippen LogP contribution in [0.4, 0.5) is 0 Å². The fourth-order valence-electron chi connectivity index (χ4n) is 3.21. The first-order valence-electron chi connectivity index (χ1n) is 8.99. The number of rotatable bonds is 6. The monoisotopic (exact) mass is 394 g/mol. The lowest BCUT2D eigenvalue weighted by atomic mass is 10.1. The molecule has 2 aromatic rings. The Hall–Kier alpha value is -1.97. The molecule has 0 saturated carbocycles. The third-order valence-corrected chi connectivity index (χ3v) is 5.75. The van der Waals surface area contributed by atoms with Gasteiger partial charge in [-0.1, -0.05) is 11.2 Å². The SMILES string of the molecule is Cc1cc(C)cc(OCc2noc(CN3CCCN(S(C)(=O)=O)CC3)n2)c1. The fourth-order valence-corrected chi connectivity index (χ4v) is 4.08. The van der Waals surface area contributed by atoms with E-state index in [1.54, 1.807) is 0 Å². The maximum Gasteiger partial charge on any atom is 0.240 e. The van der Waals surface area contributed by atoms with Crippen LogP contribution in [0, 0.1) is 13.8 Å². The Balaban J connectivity index is 1.53. The average Bonchev–Trinajstić information content (AvgIpc) is 2.86. The van der Waals surface area contributed by atoms with E-state index in [9.17, 15) is 8.42 Å². The fraction of sp³-hybridized carbons (Fsp3) is 0.556. The predicted octanol–water partition coefficient (Wildman–Crippen LogP) is 1.73. The Bertz CT molecular complexity index is 861. The number of aryl methyl sites for hydroxylation is 2. The molecule has 1 saturated heterocycles. The molecule has 0 N–H and O–H groups in total. The van der Waals surface area contributed by atoms with Crippen molar-refractivity contribution in [2.75, 3.05) is 32.4 Å². The molecule has 2 heterocycles. The molecule has 8 nitrogen and oxygen atoms in total. The van der Waals surface area contributed by atoms with Crippen molar-refractivity contribution in [1.82, 2.24) is 19.3 Å². The van der Waals surface area contributed by atoms with E-state index in [4.69, 9.17) is 9.26 Å². The summed E-state index contributed by atoms with van der Waals surface area (Å²) in [5.41, 5.74) is 2.28. The second-order valence-corrected chi connectivity index (χ2v) is 8.99. The van der Waals surface area contributed by atoms with Crippen molar-refractivity contribution in [3.8, 4) is 5.75 Å². The van der Waals surface area contributed by atoms with Gasteiger partial charge in [-0.05, 0) is 50.1 Å². The van der Waals surface area contributed by atoms with E-state index < -0.39 is 10.0 Å². The molecule has 0 radical (unpaired) electrons. The molecule has 148 valence electrons. The largest absolute Gasteiger partial charge is 0.485 e. The van der Waals surface area contributed by atoms with Gasteiger partial charge in [0.2, 0.25) is 21.7 Å². The van der Waals surface area contributed by atoms with E-state index in [0.29, 0.717) is 37.9 Å². The topological polar surface area (TPSA) is 88.8 Å². The Labute approximate surface area is 160 Å². The van der Waals surface area contributed by atoms with Gasteiger partial charge in [-0.2, -0.15) is 4.98 Å². The molecule has 1 aliphatic heterocycles. The predicted molar refractivity (Wildman–Crippen MR) is 101 cm³/mol. The van der Waals surface area contributed by atoms with Crippen molar-refractivity contribution in [3.63, 3.8) is 0 Å². The summed E-state index contributed by atoms with van der Waals surface area (Å²) >= 11 is 0. The number of hydrogen-bond acceptors (Lipinski definition) is 7. The summed E-state index contributed by atoms with van der Waals surface area (Å²) in [6, 6.07) is 6.03. The van der Waals surface area contributed by atoms with E-state index >= 15 is 0 Å². The van der Waals surface area contributed by atoms with Crippen LogP contribution in [0.1, 0.15) is 29.3 Å². The summed E-state index contributed by atoms with van der Waals surface area (Å²) < 4.78 is 36.0. The Morgan fingerprint density at radius 2 is 1.85 bits per heavy atom. The highest BCUT2D eigenvalue weighted by molar-refractivity contribution is 7.88. The summed E-state index contributed by atoms with van der Waals surface area (Å²) in [5.74, 6) is 1.80. The minimum Gasteiger partial charge on any atom is -0.485 e. The molecule has 0 aliphatic carbocycles. The first-order valence-corrected chi connectivity index (χ1v) is 10.8. The molecule has 3 rings (SSSR count). The summed E-state index contributed by atoms with van der Waals surface area (Å²) in [4.78, 5) is 6.52. The Morgan fingerprint density at radius 1 is 1.11 bits per heavy atom. The van der Waals surface area contributed by atoms with Crippen LogP contribution >= 0.6 is 0 Å². The number of ether oxygens (including phenoxy) is 1. The van der Waals surface area contributed by atoms with Crippen molar-refractivity contribution >= 4 is 10.0 Å². The minimum atomic E-state index is -3.14. The maximum absolute atomic E-state index is 11.7. The molecular formula is C18H26N4O4S. The Kier molecular flexibility index (Phi) is 6.13. The van der Waals surface area contributed by atoms with E-state index in [0.717, 1.165) is 29.8 Å². The Morgan fingerprint density at radius 3 is 2.56 bits per heavy atom. The molecule has 0 unspecified atom stereocenters. The average molecular weight is 394 g/mol. The molecular weight excluding hydrogens is 368 g/mol. The highest BCUT2D eigenvalue weighted by atomic mass is 32.2. The molecule has 27 heavy (non-hydrogen) atoms. The molecule has 1 fully saturated rings. The van der Waals surface area contributed by atoms with Crippen molar-refractivity contribution < 1.29 is 17.7 Å². The quantitative estimate of drug-likeness (QED) is 0.737. The van der Waals surface area contributed by atoms with Gasteiger partial charge in [0.05, 0.1) is 12.8 Å². The van der Waals surface area contributed by atoms with Crippen molar-refractivity contribution in [1.29, 1.82) is 0 Å². The summed E-state index contributed by atoms with van der Waals surface area (Å²) in [5, 5.41) is 3.98. The molecule has 1 aromatic heterocycles. The van der Waals surface area contributed by atoms with Gasteiger partial charge in [0, 0.05) is 19.6 Å². The molecule has 0 bridgehead atoms. The van der Waals surface area contributed by atoms with Gasteiger partial charge in [0.15, 0.2) is 6.61 Å². The number of sulfonamides is 1. The van der Waals surface area contributed by atoms with Gasteiger partial charge in [-0.3, -0.25) is 4.90 Å². The van der Waals surface area contributed by atoms with E-state index in [-0.39, 0.29) is 6.61 Å². The molecule has 0 atom stereocenters. The van der Waals surface area contributed by atoms with Gasteiger partial charge in [-0.25, -0.2) is 12.7 Å². The van der Waals surface area contributed by atoms with Gasteiger partial charge in [-0.15, -0.1) is 0 Å². The van der Waals surface area contributed by atoms with Crippen LogP contribution in [0.3, 0.4) is 0 Å². The minimum absolute atomic E-state index is 0.244. The first kappa shape index (κ1) is 19.8. The van der Waals surface area contributed by atoms with Crippen LogP contribution < -0.4 is 4.74 Å². The second kappa shape index (κ2) is 8.37. The van der Waals surface area contributed by atoms with Gasteiger partial charge in [0.25, 0.3) is 0 Å². The van der Waals surface area contributed by atoms with Crippen LogP contribution in [0.5, 0.6) is 5.75 Å². The third kappa shape index (κ3) is 5.75. The van der Waals surface area contributed by atoms with Crippen molar-refractivity contribution in [2.45, 2.75) is 33.4 Å². The maximum atomic E-state index is 11.7. The van der Waals surface area contributed by atoms with Crippen LogP contribution in [-0.2, 0) is 23.2 Å². The van der Waals surface area contributed by atoms with E-state index in [1.165, 1.54) is 10.6 Å². The van der Waals surface area contributed by atoms with Crippen LogP contribution in [0.25, 0.3) is 0 Å². The molecule has 1 aliphatic rings. The number of nitrogens with zero attached hydrogens (tertiary/aromatic N) is 4. The van der Waals surface area contributed by atoms with Crippen molar-refractivity contribution in [3.05, 3.63) is 41.0 Å². The summed E-state index contributed by atoms with van der Waals surface area (Å²) in [6.07, 6.45) is 2.03. The molecule has 1 aromatic carbocycles. The smallest absolute Gasteiger partial charge is 0.240 e. The highest BCUT2D eigenvalue weighted by Gasteiger charge is 2.22. The zero-order valence-corrected chi connectivity index (χ0v) is 16.8. The van der Waals surface area contributed by atoms with E-state index in [2.05, 4.69) is 21.1 Å².